The van der Waals surface area contributed by atoms with Gasteiger partial charge in [0.25, 0.3) is 0 Å². The van der Waals surface area contributed by atoms with Gasteiger partial charge >= 0.3 is 0 Å². The highest BCUT2D eigenvalue weighted by atomic mass is 16.3. The number of anilines is 1. The minimum Gasteiger partial charge on any atom is -0.456 e. The van der Waals surface area contributed by atoms with Crippen molar-refractivity contribution >= 4 is 49.6 Å². The van der Waals surface area contributed by atoms with Crippen molar-refractivity contribution in [2.75, 3.05) is 11.9 Å². The van der Waals surface area contributed by atoms with Gasteiger partial charge in [0.05, 0.1) is 0 Å². The highest BCUT2D eigenvalue weighted by Gasteiger charge is 2.15. The molecule has 0 aliphatic heterocycles. The maximum Gasteiger partial charge on any atom is 0.137 e. The van der Waals surface area contributed by atoms with E-state index >= 15 is 0 Å². The first-order valence-corrected chi connectivity index (χ1v) is 15.0. The lowest BCUT2D eigenvalue weighted by molar-refractivity contribution is 0.555. The number of nitrogens with one attached hydrogen (secondary N) is 1. The molecule has 4 heteroatoms. The summed E-state index contributed by atoms with van der Waals surface area (Å²) in [5.74, 6) is 0. The van der Waals surface area contributed by atoms with E-state index in [1.807, 2.05) is 0 Å². The van der Waals surface area contributed by atoms with E-state index in [9.17, 15) is 0 Å². The highest BCUT2D eigenvalue weighted by molar-refractivity contribution is 6.15. The van der Waals surface area contributed by atoms with Gasteiger partial charge in [-0.25, -0.2) is 0 Å². The summed E-state index contributed by atoms with van der Waals surface area (Å²) in [6.45, 7) is 5.51. The summed E-state index contributed by atoms with van der Waals surface area (Å²) in [5.41, 5.74) is 12.4. The molecule has 5 rings (SSSR count). The molecule has 0 aliphatic carbocycles. The van der Waals surface area contributed by atoms with Gasteiger partial charge in [-0.05, 0) is 48.7 Å². The molecular weight excluding hydrogens is 468 g/mol. The number of rotatable bonds is 15. The van der Waals surface area contributed by atoms with E-state index in [4.69, 9.17) is 14.6 Å². The van der Waals surface area contributed by atoms with Crippen LogP contribution in [0, 0.1) is 0 Å². The van der Waals surface area contributed by atoms with Crippen molar-refractivity contribution in [3.05, 3.63) is 54.1 Å². The molecule has 2 heterocycles. The van der Waals surface area contributed by atoms with Gasteiger partial charge in [0.2, 0.25) is 0 Å². The summed E-state index contributed by atoms with van der Waals surface area (Å²) in [6, 6.07) is 17.2. The van der Waals surface area contributed by atoms with Gasteiger partial charge in [-0.15, -0.1) is 0 Å². The molecule has 1 unspecified atom stereocenters. The molecule has 2 aromatic heterocycles. The summed E-state index contributed by atoms with van der Waals surface area (Å²) in [5, 5.41) is 7.99. The predicted molar refractivity (Wildman–Crippen MR) is 163 cm³/mol. The van der Waals surface area contributed by atoms with Crippen LogP contribution in [0.2, 0.25) is 0 Å². The number of hydrogen-bond acceptors (Lipinski definition) is 4. The summed E-state index contributed by atoms with van der Waals surface area (Å²) in [7, 11) is 0. The molecule has 1 atom stereocenters. The Morgan fingerprint density at radius 2 is 1.16 bits per heavy atom. The smallest absolute Gasteiger partial charge is 0.137 e. The predicted octanol–water partition coefficient (Wildman–Crippen LogP) is 10.6. The fraction of sp³-hybridized carbons (Fsp3) is 0.471. The molecule has 0 saturated carbocycles. The molecule has 3 N–H and O–H groups in total. The second kappa shape index (κ2) is 12.7. The maximum atomic E-state index is 6.54. The summed E-state index contributed by atoms with van der Waals surface area (Å²) < 4.78 is 12.7. The van der Waals surface area contributed by atoms with Crippen LogP contribution in [0.15, 0.2) is 57.4 Å². The first-order valence-electron chi connectivity index (χ1n) is 15.0. The monoisotopic (exact) mass is 512 g/mol. The van der Waals surface area contributed by atoms with Gasteiger partial charge in [0, 0.05) is 45.9 Å². The van der Waals surface area contributed by atoms with Crippen LogP contribution in [-0.2, 0) is 0 Å². The van der Waals surface area contributed by atoms with E-state index in [0.717, 1.165) is 68.1 Å². The van der Waals surface area contributed by atoms with E-state index in [-0.39, 0.29) is 6.04 Å². The average Bonchev–Trinajstić information content (AvgIpc) is 3.47. The van der Waals surface area contributed by atoms with Gasteiger partial charge in [-0.1, -0.05) is 90.2 Å². The zero-order chi connectivity index (χ0) is 26.3. The normalized spacial score (nSPS) is 12.8. The molecular formula is C34H44N2O2. The number of nitrogens with two attached hydrogens (primary N) is 1. The van der Waals surface area contributed by atoms with Gasteiger partial charge in [-0.3, -0.25) is 0 Å². The lowest BCUT2D eigenvalue weighted by atomic mass is 9.99. The number of benzene rings is 3. The Labute approximate surface area is 226 Å². The third kappa shape index (κ3) is 6.02. The van der Waals surface area contributed by atoms with Crippen LogP contribution < -0.4 is 11.1 Å². The third-order valence-corrected chi connectivity index (χ3v) is 8.00. The Balaban J connectivity index is 1.30. The van der Waals surface area contributed by atoms with Crippen LogP contribution in [0.5, 0.6) is 0 Å². The van der Waals surface area contributed by atoms with Gasteiger partial charge in [0.1, 0.15) is 22.3 Å². The second-order valence-electron chi connectivity index (χ2n) is 11.0. The van der Waals surface area contributed by atoms with Crippen LogP contribution >= 0.6 is 0 Å². The summed E-state index contributed by atoms with van der Waals surface area (Å²) >= 11 is 0. The zero-order valence-corrected chi connectivity index (χ0v) is 23.3. The Kier molecular flexibility index (Phi) is 8.90. The average molecular weight is 513 g/mol. The Morgan fingerprint density at radius 3 is 1.84 bits per heavy atom. The Hall–Kier alpha value is -2.98. The first kappa shape index (κ1) is 26.6. The van der Waals surface area contributed by atoms with Gasteiger partial charge in [0.15, 0.2) is 0 Å². The molecule has 0 spiro atoms. The van der Waals surface area contributed by atoms with E-state index in [1.54, 1.807) is 0 Å². The van der Waals surface area contributed by atoms with Crippen molar-refractivity contribution in [2.45, 2.75) is 96.9 Å². The summed E-state index contributed by atoms with van der Waals surface area (Å²) in [6.07, 6.45) is 15.2. The topological polar surface area (TPSA) is 64.3 Å². The largest absolute Gasteiger partial charge is 0.456 e. The van der Waals surface area contributed by atoms with Crippen LogP contribution in [0.3, 0.4) is 0 Å². The van der Waals surface area contributed by atoms with Crippen molar-refractivity contribution in [2.24, 2.45) is 5.73 Å². The molecule has 0 amide bonds. The Morgan fingerprint density at radius 1 is 0.605 bits per heavy atom. The summed E-state index contributed by atoms with van der Waals surface area (Å²) in [4.78, 5) is 0. The fourth-order valence-electron chi connectivity index (χ4n) is 5.68. The van der Waals surface area contributed by atoms with E-state index < -0.39 is 0 Å². The molecule has 0 saturated heterocycles. The van der Waals surface area contributed by atoms with Gasteiger partial charge < -0.3 is 19.9 Å². The zero-order valence-electron chi connectivity index (χ0n) is 23.3. The molecule has 0 aliphatic rings. The molecule has 38 heavy (non-hydrogen) atoms. The lowest BCUT2D eigenvalue weighted by Gasteiger charge is -2.11. The van der Waals surface area contributed by atoms with Gasteiger partial charge in [-0.2, -0.15) is 0 Å². The second-order valence-corrected chi connectivity index (χ2v) is 11.0. The molecule has 202 valence electrons. The quantitative estimate of drug-likeness (QED) is 0.137. The lowest BCUT2D eigenvalue weighted by Crippen LogP contribution is -2.09. The van der Waals surface area contributed by atoms with Crippen LogP contribution in [0.25, 0.3) is 43.9 Å². The van der Waals surface area contributed by atoms with Crippen LogP contribution in [0.4, 0.5) is 5.69 Å². The van der Waals surface area contributed by atoms with Crippen molar-refractivity contribution < 1.29 is 8.83 Å². The van der Waals surface area contributed by atoms with Crippen molar-refractivity contribution in [1.29, 1.82) is 0 Å². The number of fused-ring (bicyclic) bond motifs is 6. The minimum atomic E-state index is 0.0540. The minimum absolute atomic E-state index is 0.0540. The maximum absolute atomic E-state index is 6.54. The fourth-order valence-corrected chi connectivity index (χ4v) is 5.68. The standard InChI is InChI=1S/C34H44N2O2/c1-3-5-7-9-11-13-19-36-25-16-18-27-29-23-33-28(22-34(29)38-32(27)21-25)26-17-15-24(20-31(26)37-33)30(35)14-12-10-8-6-4-2/h15-18,20-23,30,36H,3-14,19,35H2,1-2H3. The van der Waals surface area contributed by atoms with E-state index in [1.165, 1.54) is 70.6 Å². The number of unbranched alkanes of at least 4 members (excludes halogenated alkanes) is 9. The number of furan rings is 2. The molecule has 0 bridgehead atoms. The van der Waals surface area contributed by atoms with Crippen molar-refractivity contribution in [1.82, 2.24) is 0 Å². The molecule has 3 aromatic carbocycles. The molecule has 0 fully saturated rings. The first-order chi connectivity index (χ1) is 18.7. The molecule has 5 aromatic rings. The Bertz CT molecular complexity index is 1480. The third-order valence-electron chi connectivity index (χ3n) is 8.00. The van der Waals surface area contributed by atoms with Crippen LogP contribution in [-0.4, -0.2) is 6.54 Å². The molecule has 0 radical (unpaired) electrons. The highest BCUT2D eigenvalue weighted by Crippen LogP contribution is 2.38. The van der Waals surface area contributed by atoms with Crippen LogP contribution in [0.1, 0.15) is 103 Å². The number of hydrogen-bond donors (Lipinski definition) is 2. The molecule has 4 nitrogen and oxygen atoms in total. The SMILES string of the molecule is CCCCCCCCNc1ccc2c(c1)oc1cc3c(cc12)oc1cc(C(N)CCCCCCC)ccc13. The van der Waals surface area contributed by atoms with Crippen molar-refractivity contribution in [3.63, 3.8) is 0 Å². The van der Waals surface area contributed by atoms with E-state index in [2.05, 4.69) is 67.7 Å². The van der Waals surface area contributed by atoms with Crippen molar-refractivity contribution in [3.8, 4) is 0 Å². The van der Waals surface area contributed by atoms with E-state index in [0.29, 0.717) is 0 Å².